The number of nitrogens with one attached hydrogen (secondary N) is 1. The van der Waals surface area contributed by atoms with E-state index in [0.29, 0.717) is 24.6 Å². The molecule has 0 bridgehead atoms. The summed E-state index contributed by atoms with van der Waals surface area (Å²) in [5.74, 6) is -0.831. The van der Waals surface area contributed by atoms with E-state index in [1.165, 1.54) is 0 Å². The molecule has 0 atom stereocenters. The number of hydrogen-bond donors (Lipinski definition) is 2. The Labute approximate surface area is 115 Å². The quantitative estimate of drug-likeness (QED) is 0.883. The lowest BCUT2D eigenvalue weighted by Gasteiger charge is -2.12. The molecule has 1 aromatic carbocycles. The Balaban J connectivity index is 2.25. The molecule has 0 saturated heterocycles. The lowest BCUT2D eigenvalue weighted by molar-refractivity contribution is 0.336. The minimum atomic E-state index is -0.756. The summed E-state index contributed by atoms with van der Waals surface area (Å²) in [5, 5.41) is 2.78. The van der Waals surface area contributed by atoms with E-state index in [0.717, 1.165) is 17.8 Å². The molecule has 2 rings (SSSR count). The van der Waals surface area contributed by atoms with Crippen LogP contribution >= 0.6 is 0 Å². The van der Waals surface area contributed by atoms with Crippen molar-refractivity contribution in [1.82, 2.24) is 4.98 Å². The van der Waals surface area contributed by atoms with Gasteiger partial charge in [-0.3, -0.25) is 0 Å². The molecular weight excluding hydrogens is 264 g/mol. The highest BCUT2D eigenvalue weighted by molar-refractivity contribution is 5.59. The number of aromatic nitrogens is 1. The summed E-state index contributed by atoms with van der Waals surface area (Å²) >= 11 is 0. The van der Waals surface area contributed by atoms with Crippen LogP contribution in [0.2, 0.25) is 0 Å². The van der Waals surface area contributed by atoms with Crippen molar-refractivity contribution in [3.05, 3.63) is 47.7 Å². The number of nitrogens with zero attached hydrogens (tertiary/aromatic N) is 1. The molecule has 106 valence electrons. The van der Waals surface area contributed by atoms with E-state index >= 15 is 0 Å². The Morgan fingerprint density at radius 3 is 2.75 bits per heavy atom. The number of anilines is 2. The first-order chi connectivity index (χ1) is 9.63. The fourth-order valence-corrected chi connectivity index (χ4v) is 1.76. The van der Waals surface area contributed by atoms with Crippen LogP contribution in [-0.2, 0) is 6.54 Å². The molecule has 0 amide bonds. The molecule has 20 heavy (non-hydrogen) atoms. The zero-order chi connectivity index (χ0) is 14.5. The van der Waals surface area contributed by atoms with Crippen LogP contribution in [-0.4, -0.2) is 11.6 Å². The topological polar surface area (TPSA) is 60.2 Å². The lowest BCUT2D eigenvalue weighted by Crippen LogP contribution is -2.04. The predicted octanol–water partition coefficient (Wildman–Crippen LogP) is 2.96. The summed E-state index contributed by atoms with van der Waals surface area (Å²) < 4.78 is 31.7. The van der Waals surface area contributed by atoms with Crippen molar-refractivity contribution in [2.24, 2.45) is 5.73 Å². The number of ether oxygens (including phenoxy) is 1. The number of hydrogen-bond acceptors (Lipinski definition) is 4. The third-order valence-corrected chi connectivity index (χ3v) is 2.65. The highest BCUT2D eigenvalue weighted by Gasteiger charge is 2.08. The molecule has 1 aromatic heterocycles. The maximum absolute atomic E-state index is 13.5. The van der Waals surface area contributed by atoms with Gasteiger partial charge in [0.05, 0.1) is 12.8 Å². The molecule has 0 unspecified atom stereocenters. The molecular formula is C14H15F2N3O. The molecule has 3 N–H and O–H groups in total. The average Bonchev–Trinajstić information content (AvgIpc) is 2.43. The standard InChI is InChI=1S/C14H15F2N3O/c1-2-20-13-4-3-11(5-9(13)7-17)19-14-12(16)6-10(15)8-18-14/h3-6,8H,2,7,17H2,1H3,(H,18,19). The summed E-state index contributed by atoms with van der Waals surface area (Å²) in [4.78, 5) is 3.66. The first kappa shape index (κ1) is 14.2. The van der Waals surface area contributed by atoms with Crippen LogP contribution in [0.3, 0.4) is 0 Å². The summed E-state index contributed by atoms with van der Waals surface area (Å²) in [7, 11) is 0. The van der Waals surface area contributed by atoms with Gasteiger partial charge < -0.3 is 15.8 Å². The largest absolute Gasteiger partial charge is 0.494 e. The number of nitrogens with two attached hydrogens (primary N) is 1. The Hall–Kier alpha value is -2.21. The monoisotopic (exact) mass is 279 g/mol. The Bertz CT molecular complexity index is 605. The van der Waals surface area contributed by atoms with Crippen LogP contribution < -0.4 is 15.8 Å². The van der Waals surface area contributed by atoms with Crippen LogP contribution in [0.15, 0.2) is 30.5 Å². The molecule has 0 fully saturated rings. The van der Waals surface area contributed by atoms with E-state index in [-0.39, 0.29) is 5.82 Å². The molecule has 1 heterocycles. The first-order valence-electron chi connectivity index (χ1n) is 6.18. The molecule has 0 aliphatic heterocycles. The highest BCUT2D eigenvalue weighted by Crippen LogP contribution is 2.25. The van der Waals surface area contributed by atoms with Crippen molar-refractivity contribution in [2.75, 3.05) is 11.9 Å². The summed E-state index contributed by atoms with van der Waals surface area (Å²) in [6.07, 6.45) is 0.948. The van der Waals surface area contributed by atoms with E-state index in [4.69, 9.17) is 10.5 Å². The van der Waals surface area contributed by atoms with Crippen molar-refractivity contribution in [3.63, 3.8) is 0 Å². The predicted molar refractivity (Wildman–Crippen MR) is 72.9 cm³/mol. The second-order valence-corrected chi connectivity index (χ2v) is 4.07. The minimum Gasteiger partial charge on any atom is -0.494 e. The van der Waals surface area contributed by atoms with Gasteiger partial charge >= 0.3 is 0 Å². The van der Waals surface area contributed by atoms with Crippen molar-refractivity contribution >= 4 is 11.5 Å². The third kappa shape index (κ3) is 3.21. The first-order valence-corrected chi connectivity index (χ1v) is 6.18. The van der Waals surface area contributed by atoms with Gasteiger partial charge in [-0.25, -0.2) is 13.8 Å². The summed E-state index contributed by atoms with van der Waals surface area (Å²) in [6.45, 7) is 2.71. The van der Waals surface area contributed by atoms with Gasteiger partial charge in [0.25, 0.3) is 0 Å². The number of rotatable bonds is 5. The van der Waals surface area contributed by atoms with Crippen molar-refractivity contribution in [2.45, 2.75) is 13.5 Å². The molecule has 4 nitrogen and oxygen atoms in total. The Morgan fingerprint density at radius 2 is 2.10 bits per heavy atom. The summed E-state index contributed by atoms with van der Waals surface area (Å²) in [5.41, 5.74) is 7.04. The number of pyridine rings is 1. The van der Waals surface area contributed by atoms with Crippen molar-refractivity contribution in [3.8, 4) is 5.75 Å². The fourth-order valence-electron chi connectivity index (χ4n) is 1.76. The average molecular weight is 279 g/mol. The molecule has 2 aromatic rings. The van der Waals surface area contributed by atoms with E-state index in [9.17, 15) is 8.78 Å². The van der Waals surface area contributed by atoms with Crippen LogP contribution in [0.4, 0.5) is 20.3 Å². The maximum atomic E-state index is 13.5. The van der Waals surface area contributed by atoms with E-state index in [1.807, 2.05) is 6.92 Å². The molecule has 0 saturated carbocycles. The van der Waals surface area contributed by atoms with Crippen LogP contribution in [0.5, 0.6) is 5.75 Å². The van der Waals surface area contributed by atoms with Crippen LogP contribution in [0.25, 0.3) is 0 Å². The Morgan fingerprint density at radius 1 is 1.30 bits per heavy atom. The van der Waals surface area contributed by atoms with Gasteiger partial charge in [-0.2, -0.15) is 0 Å². The fraction of sp³-hybridized carbons (Fsp3) is 0.214. The minimum absolute atomic E-state index is 0.0430. The van der Waals surface area contributed by atoms with E-state index < -0.39 is 11.6 Å². The van der Waals surface area contributed by atoms with Gasteiger partial charge in [-0.1, -0.05) is 0 Å². The number of halogens is 2. The van der Waals surface area contributed by atoms with E-state index in [2.05, 4.69) is 10.3 Å². The SMILES string of the molecule is CCOc1ccc(Nc2ncc(F)cc2F)cc1CN. The highest BCUT2D eigenvalue weighted by atomic mass is 19.1. The van der Waals surface area contributed by atoms with E-state index in [1.54, 1.807) is 18.2 Å². The third-order valence-electron chi connectivity index (χ3n) is 2.65. The Kier molecular flexibility index (Phi) is 4.47. The van der Waals surface area contributed by atoms with Gasteiger partial charge in [-0.05, 0) is 25.1 Å². The van der Waals surface area contributed by atoms with Gasteiger partial charge in [-0.15, -0.1) is 0 Å². The molecule has 0 radical (unpaired) electrons. The molecule has 6 heteroatoms. The molecule has 0 spiro atoms. The second-order valence-electron chi connectivity index (χ2n) is 4.07. The summed E-state index contributed by atoms with van der Waals surface area (Å²) in [6, 6.07) is 5.98. The molecule has 0 aliphatic rings. The van der Waals surface area contributed by atoms with Gasteiger partial charge in [0, 0.05) is 23.9 Å². The zero-order valence-corrected chi connectivity index (χ0v) is 11.0. The van der Waals surface area contributed by atoms with Crippen LogP contribution in [0.1, 0.15) is 12.5 Å². The second kappa shape index (κ2) is 6.29. The smallest absolute Gasteiger partial charge is 0.168 e. The molecule has 0 aliphatic carbocycles. The van der Waals surface area contributed by atoms with Crippen molar-refractivity contribution < 1.29 is 13.5 Å². The number of benzene rings is 1. The van der Waals surface area contributed by atoms with Gasteiger partial charge in [0.2, 0.25) is 0 Å². The van der Waals surface area contributed by atoms with Gasteiger partial charge in [0.1, 0.15) is 11.6 Å². The van der Waals surface area contributed by atoms with Gasteiger partial charge in [0.15, 0.2) is 11.6 Å². The van der Waals surface area contributed by atoms with Crippen molar-refractivity contribution in [1.29, 1.82) is 0 Å². The maximum Gasteiger partial charge on any atom is 0.168 e. The zero-order valence-electron chi connectivity index (χ0n) is 11.0. The van der Waals surface area contributed by atoms with Crippen LogP contribution in [0, 0.1) is 11.6 Å². The lowest BCUT2D eigenvalue weighted by atomic mass is 10.1. The normalized spacial score (nSPS) is 10.4.